The van der Waals surface area contributed by atoms with Crippen molar-refractivity contribution in [2.75, 3.05) is 11.4 Å². The van der Waals surface area contributed by atoms with Crippen LogP contribution in [0.15, 0.2) is 29.6 Å². The Bertz CT molecular complexity index is 638. The summed E-state index contributed by atoms with van der Waals surface area (Å²) in [6.45, 7) is 3.50. The van der Waals surface area contributed by atoms with Gasteiger partial charge in [0.1, 0.15) is 5.01 Å². The lowest BCUT2D eigenvalue weighted by atomic mass is 9.98. The van der Waals surface area contributed by atoms with Crippen LogP contribution in [-0.4, -0.2) is 22.6 Å². The van der Waals surface area contributed by atoms with Gasteiger partial charge in [-0.15, -0.1) is 11.3 Å². The molecule has 1 atom stereocenters. The molecule has 1 aliphatic rings. The summed E-state index contributed by atoms with van der Waals surface area (Å²) in [5.41, 5.74) is 3.33. The van der Waals surface area contributed by atoms with E-state index in [9.17, 15) is 4.79 Å². The standard InChI is InChI=1S/C15H16N2O2S/c1-10-9-20-14(16-10)8-17-7-11(6-15(18)19)12-4-2-3-5-13(12)17/h2-5,9,11H,6-8H2,1H3,(H,18,19). The van der Waals surface area contributed by atoms with E-state index in [1.165, 1.54) is 0 Å². The van der Waals surface area contributed by atoms with Crippen LogP contribution in [0.25, 0.3) is 0 Å². The molecule has 2 aromatic rings. The Balaban J connectivity index is 1.84. The lowest BCUT2D eigenvalue weighted by Gasteiger charge is -2.18. The van der Waals surface area contributed by atoms with E-state index in [-0.39, 0.29) is 12.3 Å². The number of benzene rings is 1. The lowest BCUT2D eigenvalue weighted by molar-refractivity contribution is -0.137. The Kier molecular flexibility index (Phi) is 3.44. The molecule has 0 radical (unpaired) electrons. The number of carboxylic acid groups (broad SMARTS) is 1. The van der Waals surface area contributed by atoms with Crippen molar-refractivity contribution >= 4 is 23.0 Å². The number of rotatable bonds is 4. The molecule has 0 bridgehead atoms. The molecule has 104 valence electrons. The Labute approximate surface area is 121 Å². The molecule has 0 amide bonds. The first-order chi connectivity index (χ1) is 9.63. The predicted molar refractivity (Wildman–Crippen MR) is 79.3 cm³/mol. The normalized spacial score (nSPS) is 17.2. The fourth-order valence-electron chi connectivity index (χ4n) is 2.76. The number of carbonyl (C=O) groups is 1. The maximum Gasteiger partial charge on any atom is 0.304 e. The van der Waals surface area contributed by atoms with Crippen molar-refractivity contribution < 1.29 is 9.90 Å². The zero-order valence-electron chi connectivity index (χ0n) is 11.2. The molecular formula is C15H16N2O2S. The van der Waals surface area contributed by atoms with Gasteiger partial charge in [-0.05, 0) is 18.6 Å². The van der Waals surface area contributed by atoms with Crippen molar-refractivity contribution in [1.82, 2.24) is 4.98 Å². The molecule has 0 fully saturated rings. The van der Waals surface area contributed by atoms with Crippen molar-refractivity contribution in [2.24, 2.45) is 0 Å². The van der Waals surface area contributed by atoms with E-state index in [2.05, 4.69) is 16.0 Å². The maximum absolute atomic E-state index is 11.0. The van der Waals surface area contributed by atoms with Crippen LogP contribution >= 0.6 is 11.3 Å². The zero-order chi connectivity index (χ0) is 14.1. The summed E-state index contributed by atoms with van der Waals surface area (Å²) >= 11 is 1.66. The van der Waals surface area contributed by atoms with Crippen molar-refractivity contribution in [3.8, 4) is 0 Å². The van der Waals surface area contributed by atoms with Crippen molar-refractivity contribution in [3.05, 3.63) is 45.9 Å². The molecular weight excluding hydrogens is 272 g/mol. The zero-order valence-corrected chi connectivity index (χ0v) is 12.1. The van der Waals surface area contributed by atoms with Gasteiger partial charge in [0.2, 0.25) is 0 Å². The van der Waals surface area contributed by atoms with E-state index >= 15 is 0 Å². The van der Waals surface area contributed by atoms with Crippen molar-refractivity contribution in [1.29, 1.82) is 0 Å². The maximum atomic E-state index is 11.0. The summed E-state index contributed by atoms with van der Waals surface area (Å²) < 4.78 is 0. The number of hydrogen-bond donors (Lipinski definition) is 1. The summed E-state index contributed by atoms with van der Waals surface area (Å²) in [6.07, 6.45) is 0.185. The van der Waals surface area contributed by atoms with Gasteiger partial charge in [0.25, 0.3) is 0 Å². The third-order valence-electron chi connectivity index (χ3n) is 3.57. The Hall–Kier alpha value is -1.88. The molecule has 0 aliphatic carbocycles. The molecule has 1 aromatic carbocycles. The van der Waals surface area contributed by atoms with Gasteiger partial charge in [-0.2, -0.15) is 0 Å². The first-order valence-electron chi connectivity index (χ1n) is 6.60. The molecule has 1 aromatic heterocycles. The highest BCUT2D eigenvalue weighted by atomic mass is 32.1. The van der Waals surface area contributed by atoms with Gasteiger partial charge in [0.15, 0.2) is 0 Å². The van der Waals surface area contributed by atoms with Crippen LogP contribution in [0.2, 0.25) is 0 Å². The van der Waals surface area contributed by atoms with Crippen molar-refractivity contribution in [2.45, 2.75) is 25.8 Å². The summed E-state index contributed by atoms with van der Waals surface area (Å²) in [5.74, 6) is -0.665. The number of thiazole rings is 1. The molecule has 3 rings (SSSR count). The van der Waals surface area contributed by atoms with E-state index < -0.39 is 5.97 Å². The SMILES string of the molecule is Cc1csc(CN2CC(CC(=O)O)c3ccccc32)n1. The summed E-state index contributed by atoms with van der Waals surface area (Å²) in [4.78, 5) is 17.7. The van der Waals surface area contributed by atoms with Gasteiger partial charge in [0.05, 0.1) is 13.0 Å². The molecule has 20 heavy (non-hydrogen) atoms. The minimum Gasteiger partial charge on any atom is -0.481 e. The molecule has 0 saturated heterocycles. The Morgan fingerprint density at radius 3 is 3.00 bits per heavy atom. The van der Waals surface area contributed by atoms with Crippen LogP contribution in [0.1, 0.15) is 28.6 Å². The third-order valence-corrected chi connectivity index (χ3v) is 4.52. The number of anilines is 1. The molecule has 1 N–H and O–H groups in total. The average molecular weight is 288 g/mol. The minimum absolute atomic E-state index is 0.0739. The highest BCUT2D eigenvalue weighted by Crippen LogP contribution is 2.38. The van der Waals surface area contributed by atoms with Crippen LogP contribution in [-0.2, 0) is 11.3 Å². The van der Waals surface area contributed by atoms with E-state index in [1.807, 2.05) is 30.5 Å². The molecule has 5 heteroatoms. The Morgan fingerprint density at radius 1 is 1.50 bits per heavy atom. The summed E-state index contributed by atoms with van der Waals surface area (Å²) in [5, 5.41) is 12.2. The molecule has 1 aliphatic heterocycles. The van der Waals surface area contributed by atoms with E-state index in [0.717, 1.165) is 35.0 Å². The fraction of sp³-hybridized carbons (Fsp3) is 0.333. The topological polar surface area (TPSA) is 53.4 Å². The number of carboxylic acids is 1. The number of para-hydroxylation sites is 1. The summed E-state index contributed by atoms with van der Waals surface area (Å²) in [7, 11) is 0. The quantitative estimate of drug-likeness (QED) is 0.939. The van der Waals surface area contributed by atoms with E-state index in [1.54, 1.807) is 11.3 Å². The molecule has 1 unspecified atom stereocenters. The average Bonchev–Trinajstić information content (AvgIpc) is 2.95. The highest BCUT2D eigenvalue weighted by molar-refractivity contribution is 7.09. The molecule has 0 spiro atoms. The van der Waals surface area contributed by atoms with Crippen LogP contribution < -0.4 is 4.90 Å². The number of aryl methyl sites for hydroxylation is 1. The molecule has 0 saturated carbocycles. The van der Waals surface area contributed by atoms with Crippen LogP contribution in [0.4, 0.5) is 5.69 Å². The number of aliphatic carboxylic acids is 1. The second-order valence-corrected chi connectivity index (χ2v) is 6.06. The number of aromatic nitrogens is 1. The van der Waals surface area contributed by atoms with E-state index in [4.69, 9.17) is 5.11 Å². The second-order valence-electron chi connectivity index (χ2n) is 5.12. The number of hydrogen-bond acceptors (Lipinski definition) is 4. The van der Waals surface area contributed by atoms with E-state index in [0.29, 0.717) is 0 Å². The molecule has 4 nitrogen and oxygen atoms in total. The Morgan fingerprint density at radius 2 is 2.30 bits per heavy atom. The fourth-order valence-corrected chi connectivity index (χ4v) is 3.54. The number of fused-ring (bicyclic) bond motifs is 1. The van der Waals surface area contributed by atoms with Gasteiger partial charge in [0, 0.05) is 29.2 Å². The van der Waals surface area contributed by atoms with Crippen LogP contribution in [0.5, 0.6) is 0 Å². The van der Waals surface area contributed by atoms with Gasteiger partial charge in [-0.1, -0.05) is 18.2 Å². The third kappa shape index (κ3) is 2.54. The molecule has 2 heterocycles. The first kappa shape index (κ1) is 13.1. The minimum atomic E-state index is -0.739. The van der Waals surface area contributed by atoms with Gasteiger partial charge >= 0.3 is 5.97 Å². The van der Waals surface area contributed by atoms with Gasteiger partial charge < -0.3 is 10.0 Å². The second kappa shape index (κ2) is 5.25. The van der Waals surface area contributed by atoms with Crippen LogP contribution in [0, 0.1) is 6.92 Å². The number of nitrogens with zero attached hydrogens (tertiary/aromatic N) is 2. The monoisotopic (exact) mass is 288 g/mol. The van der Waals surface area contributed by atoms with Crippen molar-refractivity contribution in [3.63, 3.8) is 0 Å². The summed E-state index contributed by atoms with van der Waals surface area (Å²) in [6, 6.07) is 8.08. The lowest BCUT2D eigenvalue weighted by Crippen LogP contribution is -2.22. The predicted octanol–water partition coefficient (Wildman–Crippen LogP) is 3.03. The van der Waals surface area contributed by atoms with Gasteiger partial charge in [-0.25, -0.2) is 4.98 Å². The largest absolute Gasteiger partial charge is 0.481 e. The van der Waals surface area contributed by atoms with Gasteiger partial charge in [-0.3, -0.25) is 4.79 Å². The highest BCUT2D eigenvalue weighted by Gasteiger charge is 2.30. The first-order valence-corrected chi connectivity index (χ1v) is 7.48. The smallest absolute Gasteiger partial charge is 0.304 e. The van der Waals surface area contributed by atoms with Crippen LogP contribution in [0.3, 0.4) is 0 Å².